The maximum Gasteiger partial charge on any atom is 0.308 e. The fourth-order valence-electron chi connectivity index (χ4n) is 3.54. The Hall–Kier alpha value is -2.69. The number of aromatic hydroxyl groups is 2. The second-order valence-electron chi connectivity index (χ2n) is 5.73. The number of rotatable bonds is 2. The molecule has 1 aromatic carbocycles. The van der Waals surface area contributed by atoms with Crippen LogP contribution >= 0.6 is 0 Å². The Bertz CT molecular complexity index is 783. The first-order valence-corrected chi connectivity index (χ1v) is 7.20. The highest BCUT2D eigenvalue weighted by molar-refractivity contribution is 5.70. The summed E-state index contributed by atoms with van der Waals surface area (Å²) in [7, 11) is 0. The van der Waals surface area contributed by atoms with Gasteiger partial charge in [-0.25, -0.2) is 0 Å². The topological polar surface area (TPSA) is 71.7 Å². The van der Waals surface area contributed by atoms with Gasteiger partial charge in [0.15, 0.2) is 0 Å². The van der Waals surface area contributed by atoms with Crippen molar-refractivity contribution in [3.63, 3.8) is 0 Å². The average molecular weight is 297 g/mol. The fraction of sp³-hybridized carbons (Fsp3) is 0.235. The maximum atomic E-state index is 11.1. The van der Waals surface area contributed by atoms with Crippen LogP contribution in [0.15, 0.2) is 36.4 Å². The van der Waals surface area contributed by atoms with Crippen molar-refractivity contribution in [3.05, 3.63) is 47.5 Å². The van der Waals surface area contributed by atoms with Gasteiger partial charge in [0.2, 0.25) is 11.8 Å². The van der Waals surface area contributed by atoms with Gasteiger partial charge in [-0.3, -0.25) is 9.36 Å². The lowest BCUT2D eigenvalue weighted by molar-refractivity contribution is -0.131. The molecule has 1 heterocycles. The summed E-state index contributed by atoms with van der Waals surface area (Å²) in [6.45, 7) is 1.33. The Labute approximate surface area is 127 Å². The van der Waals surface area contributed by atoms with Gasteiger partial charge in [-0.15, -0.1) is 0 Å². The first kappa shape index (κ1) is 13.0. The molecule has 1 aromatic heterocycles. The van der Waals surface area contributed by atoms with Crippen LogP contribution in [0.4, 0.5) is 0 Å². The minimum absolute atomic E-state index is 0.0596. The summed E-state index contributed by atoms with van der Waals surface area (Å²) in [5.74, 6) is 0.419. The van der Waals surface area contributed by atoms with Crippen LogP contribution in [0.1, 0.15) is 36.3 Å². The molecule has 2 aromatic rings. The number of ether oxygens (including phenoxy) is 1. The lowest BCUT2D eigenvalue weighted by atomic mass is 10.0. The van der Waals surface area contributed by atoms with E-state index in [1.54, 1.807) is 24.3 Å². The van der Waals surface area contributed by atoms with Crippen LogP contribution < -0.4 is 4.74 Å². The predicted octanol–water partition coefficient (Wildman–Crippen LogP) is 2.95. The van der Waals surface area contributed by atoms with Gasteiger partial charge in [0.1, 0.15) is 5.75 Å². The maximum absolute atomic E-state index is 11.1. The van der Waals surface area contributed by atoms with Gasteiger partial charge in [-0.05, 0) is 18.6 Å². The molecule has 22 heavy (non-hydrogen) atoms. The number of allylic oxidation sites excluding steroid dienone is 2. The summed E-state index contributed by atoms with van der Waals surface area (Å²) in [5, 5.41) is 21.1. The molecule has 0 saturated heterocycles. The van der Waals surface area contributed by atoms with Crippen LogP contribution in [0.25, 0.3) is 5.69 Å². The highest BCUT2D eigenvalue weighted by Gasteiger charge is 2.41. The number of carbonyl (C=O) groups excluding carboxylic acids is 1. The highest BCUT2D eigenvalue weighted by atomic mass is 16.5. The summed E-state index contributed by atoms with van der Waals surface area (Å²) >= 11 is 0. The van der Waals surface area contributed by atoms with Crippen molar-refractivity contribution in [2.24, 2.45) is 0 Å². The molecule has 0 aliphatic heterocycles. The molecule has 2 N–H and O–H groups in total. The smallest absolute Gasteiger partial charge is 0.308 e. The van der Waals surface area contributed by atoms with E-state index in [-0.39, 0.29) is 23.6 Å². The summed E-state index contributed by atoms with van der Waals surface area (Å²) in [6, 6.07) is 6.73. The first-order valence-electron chi connectivity index (χ1n) is 7.20. The van der Waals surface area contributed by atoms with Crippen molar-refractivity contribution in [3.8, 4) is 23.2 Å². The summed E-state index contributed by atoms with van der Waals surface area (Å²) in [4.78, 5) is 11.1. The summed E-state index contributed by atoms with van der Waals surface area (Å²) in [6.07, 6.45) is 5.07. The molecule has 0 radical (unpaired) electrons. The Kier molecular flexibility index (Phi) is 2.60. The molecule has 0 saturated carbocycles. The van der Waals surface area contributed by atoms with Crippen molar-refractivity contribution < 1.29 is 19.7 Å². The number of hydrogen-bond acceptors (Lipinski definition) is 4. The molecule has 0 spiro atoms. The number of fused-ring (bicyclic) bond motifs is 5. The Morgan fingerprint density at radius 3 is 2.41 bits per heavy atom. The van der Waals surface area contributed by atoms with Crippen LogP contribution in [0, 0.1) is 0 Å². The molecule has 0 amide bonds. The SMILES string of the molecule is CC(=O)Oc1cccc(-n2c(O)c3c(c2O)C2C=CC3C2)c1. The zero-order valence-electron chi connectivity index (χ0n) is 12.0. The second kappa shape index (κ2) is 4.40. The molecule has 5 heteroatoms. The number of esters is 1. The Balaban J connectivity index is 1.84. The molecular formula is C17H15NO4. The zero-order valence-corrected chi connectivity index (χ0v) is 12.0. The van der Waals surface area contributed by atoms with Gasteiger partial charge in [0.25, 0.3) is 0 Å². The predicted molar refractivity (Wildman–Crippen MR) is 79.6 cm³/mol. The first-order chi connectivity index (χ1) is 10.6. The van der Waals surface area contributed by atoms with Gasteiger partial charge in [-0.1, -0.05) is 18.2 Å². The molecule has 112 valence electrons. The third kappa shape index (κ3) is 1.68. The quantitative estimate of drug-likeness (QED) is 0.508. The monoisotopic (exact) mass is 297 g/mol. The van der Waals surface area contributed by atoms with E-state index < -0.39 is 5.97 Å². The van der Waals surface area contributed by atoms with Crippen molar-refractivity contribution in [1.29, 1.82) is 0 Å². The van der Waals surface area contributed by atoms with Crippen LogP contribution in [-0.4, -0.2) is 20.7 Å². The molecule has 2 bridgehead atoms. The van der Waals surface area contributed by atoms with Gasteiger partial charge in [-0.2, -0.15) is 0 Å². The molecule has 5 nitrogen and oxygen atoms in total. The largest absolute Gasteiger partial charge is 0.494 e. The summed E-state index contributed by atoms with van der Waals surface area (Å²) < 4.78 is 6.47. The lowest BCUT2D eigenvalue weighted by Crippen LogP contribution is -2.02. The highest BCUT2D eigenvalue weighted by Crippen LogP contribution is 2.57. The molecule has 2 atom stereocenters. The van der Waals surface area contributed by atoms with Gasteiger partial charge in [0, 0.05) is 36.0 Å². The minimum atomic E-state index is -0.414. The van der Waals surface area contributed by atoms with E-state index in [4.69, 9.17) is 4.74 Å². The van der Waals surface area contributed by atoms with Crippen molar-refractivity contribution in [1.82, 2.24) is 4.57 Å². The number of carbonyl (C=O) groups is 1. The normalized spacial score (nSPS) is 21.1. The minimum Gasteiger partial charge on any atom is -0.494 e. The van der Waals surface area contributed by atoms with E-state index >= 15 is 0 Å². The van der Waals surface area contributed by atoms with Gasteiger partial charge >= 0.3 is 5.97 Å². The van der Waals surface area contributed by atoms with Crippen molar-refractivity contribution in [2.75, 3.05) is 0 Å². The van der Waals surface area contributed by atoms with Crippen LogP contribution in [0.3, 0.4) is 0 Å². The van der Waals surface area contributed by atoms with Crippen molar-refractivity contribution >= 4 is 5.97 Å². The molecule has 4 rings (SSSR count). The molecule has 2 aliphatic carbocycles. The molecular weight excluding hydrogens is 282 g/mol. The van der Waals surface area contributed by atoms with E-state index in [1.807, 2.05) is 0 Å². The fourth-order valence-corrected chi connectivity index (χ4v) is 3.54. The standard InChI is InChI=1S/C17H15NO4/c1-9(19)22-13-4-2-3-12(8-13)18-16(20)14-10-5-6-11(7-10)15(14)17(18)21/h2-6,8,10-11,20-21H,7H2,1H3. The van der Waals surface area contributed by atoms with Crippen LogP contribution in [-0.2, 0) is 4.79 Å². The van der Waals surface area contributed by atoms with Gasteiger partial charge in [0.05, 0.1) is 5.69 Å². The second-order valence-corrected chi connectivity index (χ2v) is 5.73. The molecule has 0 fully saturated rings. The number of aromatic nitrogens is 1. The number of hydrogen-bond donors (Lipinski definition) is 2. The third-order valence-corrected chi connectivity index (χ3v) is 4.36. The Morgan fingerprint density at radius 1 is 1.18 bits per heavy atom. The molecule has 2 unspecified atom stereocenters. The summed E-state index contributed by atoms with van der Waals surface area (Å²) in [5.41, 5.74) is 2.17. The van der Waals surface area contributed by atoms with Crippen LogP contribution in [0.5, 0.6) is 17.5 Å². The van der Waals surface area contributed by atoms with E-state index in [0.29, 0.717) is 11.4 Å². The number of benzene rings is 1. The average Bonchev–Trinajstić information content (AvgIpc) is 3.12. The van der Waals surface area contributed by atoms with E-state index in [9.17, 15) is 15.0 Å². The van der Waals surface area contributed by atoms with E-state index in [0.717, 1.165) is 17.5 Å². The van der Waals surface area contributed by atoms with E-state index in [1.165, 1.54) is 11.5 Å². The van der Waals surface area contributed by atoms with Gasteiger partial charge < -0.3 is 14.9 Å². The third-order valence-electron chi connectivity index (χ3n) is 4.36. The lowest BCUT2D eigenvalue weighted by Gasteiger charge is -2.11. The number of nitrogens with zero attached hydrogens (tertiary/aromatic N) is 1. The molecule has 2 aliphatic rings. The van der Waals surface area contributed by atoms with E-state index in [2.05, 4.69) is 12.2 Å². The zero-order chi connectivity index (χ0) is 15.4. The van der Waals surface area contributed by atoms with Crippen molar-refractivity contribution in [2.45, 2.75) is 25.2 Å². The Morgan fingerprint density at radius 2 is 1.82 bits per heavy atom. The van der Waals surface area contributed by atoms with Crippen LogP contribution in [0.2, 0.25) is 0 Å².